The minimum Gasteiger partial charge on any atom is -0.344 e. The third kappa shape index (κ3) is 2.69. The number of hydrogen-bond acceptors (Lipinski definition) is 2. The van der Waals surface area contributed by atoms with Gasteiger partial charge in [-0.1, -0.05) is 50.6 Å². The molecule has 0 radical (unpaired) electrons. The van der Waals surface area contributed by atoms with Crippen LogP contribution in [-0.2, 0) is 9.47 Å². The standard InChI is InChI=1S/C23H32O2/c1-14(2)19-21-20(24-22(4,5)25-21)18-13-17-12-16(9-7-8-15(17)3)10-11-23(18,19)6/h7-9,13-14,19-21H,10-12H2,1-6H3/b18-13-/t19-,20+,21-,23-/m0/s1. The fourth-order valence-corrected chi connectivity index (χ4v) is 5.67. The van der Waals surface area contributed by atoms with Crippen molar-refractivity contribution in [2.24, 2.45) is 17.3 Å². The molecule has 0 aromatic rings. The maximum absolute atomic E-state index is 6.44. The lowest BCUT2D eigenvalue weighted by Crippen LogP contribution is -2.36. The van der Waals surface area contributed by atoms with E-state index in [0.717, 1.165) is 6.42 Å². The highest BCUT2D eigenvalue weighted by molar-refractivity contribution is 5.46. The number of rotatable bonds is 1. The molecule has 1 aliphatic heterocycles. The normalized spacial score (nSPS) is 41.5. The van der Waals surface area contributed by atoms with Crippen molar-refractivity contribution < 1.29 is 9.47 Å². The third-order valence-corrected chi connectivity index (χ3v) is 6.80. The van der Waals surface area contributed by atoms with E-state index in [0.29, 0.717) is 11.8 Å². The molecule has 1 saturated carbocycles. The van der Waals surface area contributed by atoms with Gasteiger partial charge in [-0.3, -0.25) is 0 Å². The second kappa shape index (κ2) is 5.69. The molecule has 2 heteroatoms. The van der Waals surface area contributed by atoms with Crippen LogP contribution in [0.25, 0.3) is 0 Å². The minimum absolute atomic E-state index is 0.102. The quantitative estimate of drug-likeness (QED) is 0.607. The Hall–Kier alpha value is -1.12. The van der Waals surface area contributed by atoms with Crippen molar-refractivity contribution in [3.63, 3.8) is 0 Å². The summed E-state index contributed by atoms with van der Waals surface area (Å²) in [5.74, 6) is 0.592. The van der Waals surface area contributed by atoms with E-state index in [9.17, 15) is 0 Å². The van der Waals surface area contributed by atoms with Crippen molar-refractivity contribution in [2.75, 3.05) is 0 Å². The molecule has 3 aliphatic carbocycles. The van der Waals surface area contributed by atoms with Crippen LogP contribution < -0.4 is 0 Å². The summed E-state index contributed by atoms with van der Waals surface area (Å²) in [6, 6.07) is 0. The molecular weight excluding hydrogens is 308 g/mol. The molecule has 0 amide bonds. The van der Waals surface area contributed by atoms with Gasteiger partial charge in [0.05, 0.1) is 6.10 Å². The van der Waals surface area contributed by atoms with Gasteiger partial charge < -0.3 is 9.47 Å². The molecule has 0 N–H and O–H groups in total. The van der Waals surface area contributed by atoms with E-state index in [1.54, 1.807) is 5.57 Å². The maximum atomic E-state index is 6.44. The molecule has 4 aliphatic rings. The zero-order valence-electron chi connectivity index (χ0n) is 16.6. The zero-order valence-corrected chi connectivity index (χ0v) is 16.6. The lowest BCUT2D eigenvalue weighted by molar-refractivity contribution is -0.162. The van der Waals surface area contributed by atoms with Crippen molar-refractivity contribution in [2.45, 2.75) is 78.8 Å². The molecule has 2 fully saturated rings. The smallest absolute Gasteiger partial charge is 0.164 e. The van der Waals surface area contributed by atoms with Crippen molar-refractivity contribution >= 4 is 0 Å². The topological polar surface area (TPSA) is 18.5 Å². The largest absolute Gasteiger partial charge is 0.344 e. The molecule has 25 heavy (non-hydrogen) atoms. The van der Waals surface area contributed by atoms with Crippen molar-refractivity contribution in [3.8, 4) is 0 Å². The van der Waals surface area contributed by atoms with Crippen LogP contribution in [0, 0.1) is 17.3 Å². The molecule has 1 heterocycles. The molecule has 136 valence electrons. The highest BCUT2D eigenvalue weighted by Gasteiger charge is 2.61. The first-order valence-electron chi connectivity index (χ1n) is 9.85. The Labute approximate surface area is 152 Å². The Morgan fingerprint density at radius 2 is 1.92 bits per heavy atom. The van der Waals surface area contributed by atoms with Gasteiger partial charge in [-0.05, 0) is 74.0 Å². The first kappa shape index (κ1) is 17.3. The van der Waals surface area contributed by atoms with Crippen molar-refractivity contribution in [1.29, 1.82) is 0 Å². The van der Waals surface area contributed by atoms with Crippen LogP contribution in [0.5, 0.6) is 0 Å². The molecule has 4 atom stereocenters. The Kier molecular flexibility index (Phi) is 3.94. The van der Waals surface area contributed by atoms with E-state index in [4.69, 9.17) is 9.47 Å². The van der Waals surface area contributed by atoms with Crippen LogP contribution in [0.4, 0.5) is 0 Å². The van der Waals surface area contributed by atoms with E-state index in [2.05, 4.69) is 65.8 Å². The lowest BCUT2D eigenvalue weighted by Gasteiger charge is -2.40. The van der Waals surface area contributed by atoms with E-state index in [1.807, 2.05) is 0 Å². The Bertz CT molecular complexity index is 704. The van der Waals surface area contributed by atoms with E-state index >= 15 is 0 Å². The summed E-state index contributed by atoms with van der Waals surface area (Å²) in [5.41, 5.74) is 6.02. The van der Waals surface area contributed by atoms with Crippen LogP contribution in [0.15, 0.2) is 46.6 Å². The molecule has 2 bridgehead atoms. The van der Waals surface area contributed by atoms with Crippen LogP contribution in [0.2, 0.25) is 0 Å². The first-order valence-corrected chi connectivity index (χ1v) is 9.85. The average Bonchev–Trinajstić information content (AvgIpc) is 2.80. The van der Waals surface area contributed by atoms with Crippen molar-refractivity contribution in [3.05, 3.63) is 46.6 Å². The maximum Gasteiger partial charge on any atom is 0.164 e. The highest BCUT2D eigenvalue weighted by Crippen LogP contribution is 2.60. The summed E-state index contributed by atoms with van der Waals surface area (Å²) < 4.78 is 12.9. The fourth-order valence-electron chi connectivity index (χ4n) is 5.67. The predicted molar refractivity (Wildman–Crippen MR) is 102 cm³/mol. The molecular formula is C23H32O2. The average molecular weight is 341 g/mol. The van der Waals surface area contributed by atoms with E-state index < -0.39 is 5.79 Å². The monoisotopic (exact) mass is 340 g/mol. The Balaban J connectivity index is 1.87. The number of fused-ring (bicyclic) bond motifs is 5. The molecule has 2 nitrogen and oxygen atoms in total. The summed E-state index contributed by atoms with van der Waals surface area (Å²) in [4.78, 5) is 0. The van der Waals surface area contributed by atoms with E-state index in [1.165, 1.54) is 29.6 Å². The molecule has 0 spiro atoms. The summed E-state index contributed by atoms with van der Waals surface area (Å²) in [6.45, 7) is 13.5. The predicted octanol–water partition coefficient (Wildman–Crippen LogP) is 5.72. The fraction of sp³-hybridized carbons (Fsp3) is 0.652. The summed E-state index contributed by atoms with van der Waals surface area (Å²) in [7, 11) is 0. The third-order valence-electron chi connectivity index (χ3n) is 6.80. The van der Waals surface area contributed by atoms with Gasteiger partial charge in [0, 0.05) is 0 Å². The molecule has 0 aromatic heterocycles. The summed E-state index contributed by atoms with van der Waals surface area (Å²) in [5, 5.41) is 0. The second-order valence-electron chi connectivity index (χ2n) is 9.38. The van der Waals surface area contributed by atoms with Crippen LogP contribution in [0.3, 0.4) is 0 Å². The Morgan fingerprint density at radius 1 is 1.16 bits per heavy atom. The first-order chi connectivity index (χ1) is 11.7. The van der Waals surface area contributed by atoms with Crippen molar-refractivity contribution in [1.82, 2.24) is 0 Å². The number of ether oxygens (including phenoxy) is 2. The SMILES string of the molecule is CC1=C2/C=C3/[C@H]4OC(C)(C)O[C@H]4[C@H](C(C)C)[C@@]3(C)CCC(=CC=C1)C2. The van der Waals surface area contributed by atoms with Gasteiger partial charge in [-0.15, -0.1) is 0 Å². The second-order valence-corrected chi connectivity index (χ2v) is 9.38. The lowest BCUT2D eigenvalue weighted by atomic mass is 9.67. The summed E-state index contributed by atoms with van der Waals surface area (Å²) in [6.07, 6.45) is 13.0. The molecule has 0 unspecified atom stereocenters. The number of allylic oxidation sites excluding steroid dienone is 7. The van der Waals surface area contributed by atoms with Gasteiger partial charge in [0.2, 0.25) is 0 Å². The van der Waals surface area contributed by atoms with E-state index in [-0.39, 0.29) is 17.6 Å². The Morgan fingerprint density at radius 3 is 2.64 bits per heavy atom. The van der Waals surface area contributed by atoms with Gasteiger partial charge in [0.25, 0.3) is 0 Å². The van der Waals surface area contributed by atoms with Gasteiger partial charge in [-0.2, -0.15) is 0 Å². The number of hydrogen-bond donors (Lipinski definition) is 0. The zero-order chi connectivity index (χ0) is 18.0. The molecule has 1 saturated heterocycles. The van der Waals surface area contributed by atoms with Gasteiger partial charge in [-0.25, -0.2) is 0 Å². The van der Waals surface area contributed by atoms with Gasteiger partial charge in [0.15, 0.2) is 5.79 Å². The van der Waals surface area contributed by atoms with Gasteiger partial charge >= 0.3 is 0 Å². The van der Waals surface area contributed by atoms with Crippen LogP contribution in [0.1, 0.15) is 60.8 Å². The highest BCUT2D eigenvalue weighted by atomic mass is 16.8. The summed E-state index contributed by atoms with van der Waals surface area (Å²) >= 11 is 0. The van der Waals surface area contributed by atoms with Crippen LogP contribution in [-0.4, -0.2) is 18.0 Å². The van der Waals surface area contributed by atoms with Gasteiger partial charge in [0.1, 0.15) is 6.10 Å². The molecule has 4 rings (SSSR count). The molecule has 0 aromatic carbocycles. The van der Waals surface area contributed by atoms with Crippen LogP contribution >= 0.6 is 0 Å². The minimum atomic E-state index is -0.481.